The molecule has 1 aromatic heterocycles. The second-order valence-electron chi connectivity index (χ2n) is 6.15. The van der Waals surface area contributed by atoms with Gasteiger partial charge in [-0.25, -0.2) is 0 Å². The van der Waals surface area contributed by atoms with Crippen LogP contribution in [0.1, 0.15) is 12.8 Å². The molecule has 3 aromatic rings. The van der Waals surface area contributed by atoms with Crippen LogP contribution in [0.2, 0.25) is 0 Å². The van der Waals surface area contributed by atoms with Gasteiger partial charge in [0.2, 0.25) is 5.91 Å². The van der Waals surface area contributed by atoms with Crippen molar-refractivity contribution in [1.29, 1.82) is 0 Å². The Balaban J connectivity index is 1.75. The summed E-state index contributed by atoms with van der Waals surface area (Å²) in [5.74, 6) is 0.317. The molecule has 0 spiro atoms. The van der Waals surface area contributed by atoms with E-state index < -0.39 is 0 Å². The number of amides is 1. The molecule has 2 aromatic carbocycles. The van der Waals surface area contributed by atoms with Crippen LogP contribution in [0.3, 0.4) is 0 Å². The number of hydrogen-bond acceptors (Lipinski definition) is 6. The van der Waals surface area contributed by atoms with E-state index in [9.17, 15) is 9.59 Å². The van der Waals surface area contributed by atoms with E-state index in [-0.39, 0.29) is 18.4 Å². The molecule has 29 heavy (non-hydrogen) atoms. The minimum Gasteiger partial charge on any atom is -0.468 e. The third-order valence-corrected chi connectivity index (χ3v) is 7.04. The summed E-state index contributed by atoms with van der Waals surface area (Å²) < 4.78 is 7.56. The molecule has 8 heteroatoms. The van der Waals surface area contributed by atoms with Crippen molar-refractivity contribution in [2.75, 3.05) is 19.1 Å². The molecule has 1 heterocycles. The number of carbonyl (C=O) groups is 2. The molecule has 0 saturated heterocycles. The van der Waals surface area contributed by atoms with Gasteiger partial charge in [0.05, 0.1) is 17.3 Å². The molecule has 0 saturated carbocycles. The number of nitrogens with zero attached hydrogens (tertiary/aromatic N) is 2. The molecule has 5 nitrogen and oxygen atoms in total. The number of methoxy groups -OCH3 is 1. The zero-order valence-electron chi connectivity index (χ0n) is 16.3. The molecule has 0 aliphatic heterocycles. The molecule has 0 atom stereocenters. The SMILES string of the molecule is COC(=O)Cn1c(=NC(=O)CCCSc2ccccc2)sc2cc(SC)ccc21. The number of rotatable bonds is 8. The molecule has 152 valence electrons. The summed E-state index contributed by atoms with van der Waals surface area (Å²) in [4.78, 5) is 31.4. The second kappa shape index (κ2) is 10.7. The zero-order valence-corrected chi connectivity index (χ0v) is 18.7. The van der Waals surface area contributed by atoms with Gasteiger partial charge in [0.25, 0.3) is 0 Å². The van der Waals surface area contributed by atoms with Crippen molar-refractivity contribution < 1.29 is 14.3 Å². The minimum atomic E-state index is -0.369. The Hall–Kier alpha value is -2.03. The molecular formula is C21H22N2O3S3. The molecule has 0 N–H and O–H groups in total. The lowest BCUT2D eigenvalue weighted by atomic mass is 10.3. The maximum absolute atomic E-state index is 12.4. The maximum Gasteiger partial charge on any atom is 0.325 e. The van der Waals surface area contributed by atoms with Crippen LogP contribution in [-0.2, 0) is 20.9 Å². The highest BCUT2D eigenvalue weighted by atomic mass is 32.2. The topological polar surface area (TPSA) is 60.7 Å². The van der Waals surface area contributed by atoms with Gasteiger partial charge in [-0.05, 0) is 48.8 Å². The van der Waals surface area contributed by atoms with Crippen molar-refractivity contribution in [1.82, 2.24) is 4.57 Å². The second-order valence-corrected chi connectivity index (χ2v) is 9.21. The number of hydrogen-bond donors (Lipinski definition) is 0. The zero-order chi connectivity index (χ0) is 20.6. The van der Waals surface area contributed by atoms with Gasteiger partial charge >= 0.3 is 5.97 Å². The quantitative estimate of drug-likeness (QED) is 0.288. The maximum atomic E-state index is 12.4. The lowest BCUT2D eigenvalue weighted by Crippen LogP contribution is -2.22. The number of ether oxygens (including phenoxy) is 1. The van der Waals surface area contributed by atoms with Gasteiger partial charge in [0.1, 0.15) is 6.54 Å². The van der Waals surface area contributed by atoms with Gasteiger partial charge in [0, 0.05) is 16.2 Å². The summed E-state index contributed by atoms with van der Waals surface area (Å²) in [6.45, 7) is 0.0328. The van der Waals surface area contributed by atoms with Gasteiger partial charge in [-0.1, -0.05) is 29.5 Å². The lowest BCUT2D eigenvalue weighted by molar-refractivity contribution is -0.141. The van der Waals surface area contributed by atoms with Crippen molar-refractivity contribution in [2.24, 2.45) is 4.99 Å². The van der Waals surface area contributed by atoms with Gasteiger partial charge in [-0.15, -0.1) is 23.5 Å². The van der Waals surface area contributed by atoms with Gasteiger partial charge < -0.3 is 9.30 Å². The van der Waals surface area contributed by atoms with Crippen LogP contribution in [0, 0.1) is 0 Å². The van der Waals surface area contributed by atoms with Crippen molar-refractivity contribution in [3.05, 3.63) is 53.3 Å². The smallest absolute Gasteiger partial charge is 0.325 e. The first-order chi connectivity index (χ1) is 14.1. The van der Waals surface area contributed by atoms with Crippen LogP contribution in [-0.4, -0.2) is 35.6 Å². The fourth-order valence-electron chi connectivity index (χ4n) is 2.70. The number of fused-ring (bicyclic) bond motifs is 1. The van der Waals surface area contributed by atoms with Crippen LogP contribution in [0.4, 0.5) is 0 Å². The molecule has 0 fully saturated rings. The van der Waals surface area contributed by atoms with E-state index in [4.69, 9.17) is 4.74 Å². The number of carbonyl (C=O) groups excluding carboxylic acids is 2. The Morgan fingerprint density at radius 2 is 1.93 bits per heavy atom. The minimum absolute atomic E-state index is 0.0328. The van der Waals surface area contributed by atoms with Gasteiger partial charge in [-0.2, -0.15) is 4.99 Å². The normalized spacial score (nSPS) is 11.7. The predicted molar refractivity (Wildman–Crippen MR) is 121 cm³/mol. The van der Waals surface area contributed by atoms with Crippen molar-refractivity contribution in [2.45, 2.75) is 29.2 Å². The fraction of sp³-hybridized carbons (Fsp3) is 0.286. The summed E-state index contributed by atoms with van der Waals surface area (Å²) >= 11 is 4.80. The molecule has 0 radical (unpaired) electrons. The largest absolute Gasteiger partial charge is 0.468 e. The van der Waals surface area contributed by atoms with Crippen molar-refractivity contribution in [3.8, 4) is 0 Å². The van der Waals surface area contributed by atoms with Gasteiger partial charge in [-0.3, -0.25) is 9.59 Å². The Morgan fingerprint density at radius 3 is 2.66 bits per heavy atom. The molecule has 0 aliphatic rings. The van der Waals surface area contributed by atoms with E-state index in [0.29, 0.717) is 11.2 Å². The monoisotopic (exact) mass is 446 g/mol. The van der Waals surface area contributed by atoms with E-state index in [1.807, 2.05) is 36.6 Å². The summed E-state index contributed by atoms with van der Waals surface area (Å²) in [5.41, 5.74) is 0.879. The third kappa shape index (κ3) is 5.98. The molecule has 0 bridgehead atoms. The molecule has 0 aliphatic carbocycles. The van der Waals surface area contributed by atoms with Crippen LogP contribution in [0.5, 0.6) is 0 Å². The molecule has 1 amide bonds. The molecule has 0 unspecified atom stereocenters. The predicted octanol–water partition coefficient (Wildman–Crippen LogP) is 4.60. The van der Waals surface area contributed by atoms with E-state index >= 15 is 0 Å². The standard InChI is InChI=1S/C21H22N2O3S3/c1-26-20(25)14-23-17-11-10-16(27-2)13-18(17)29-21(23)22-19(24)9-6-12-28-15-7-4-3-5-8-15/h3-5,7-8,10-11,13H,6,9,12,14H2,1-2H3. The van der Waals surface area contributed by atoms with E-state index in [2.05, 4.69) is 23.2 Å². The number of thioether (sulfide) groups is 2. The Bertz CT molecular complexity index is 1060. The van der Waals surface area contributed by atoms with E-state index in [1.54, 1.807) is 28.1 Å². The average molecular weight is 447 g/mol. The average Bonchev–Trinajstić information content (AvgIpc) is 3.07. The number of aromatic nitrogens is 1. The van der Waals surface area contributed by atoms with Crippen molar-refractivity contribution in [3.63, 3.8) is 0 Å². The van der Waals surface area contributed by atoms with Crippen LogP contribution in [0.15, 0.2) is 63.3 Å². The number of benzene rings is 2. The number of esters is 1. The first kappa shape index (κ1) is 21.7. The summed E-state index contributed by atoms with van der Waals surface area (Å²) in [7, 11) is 1.36. The lowest BCUT2D eigenvalue weighted by Gasteiger charge is -2.04. The number of thiazole rings is 1. The highest BCUT2D eigenvalue weighted by Crippen LogP contribution is 2.24. The summed E-state index contributed by atoms with van der Waals surface area (Å²) in [5, 5.41) is 0. The van der Waals surface area contributed by atoms with Crippen LogP contribution in [0.25, 0.3) is 10.2 Å². The van der Waals surface area contributed by atoms with Crippen molar-refractivity contribution >= 4 is 57.0 Å². The molecular weight excluding hydrogens is 424 g/mol. The highest BCUT2D eigenvalue weighted by molar-refractivity contribution is 7.99. The summed E-state index contributed by atoms with van der Waals surface area (Å²) in [6.07, 6.45) is 3.14. The van der Waals surface area contributed by atoms with Gasteiger partial charge in [0.15, 0.2) is 4.80 Å². The Labute approximate surface area is 182 Å². The molecule has 3 rings (SSSR count). The van der Waals surface area contributed by atoms with E-state index in [1.165, 1.54) is 23.3 Å². The first-order valence-corrected chi connectivity index (χ1v) is 12.1. The summed E-state index contributed by atoms with van der Waals surface area (Å²) in [6, 6.07) is 16.1. The Morgan fingerprint density at radius 1 is 1.14 bits per heavy atom. The fourth-order valence-corrected chi connectivity index (χ4v) is 5.18. The Kier molecular flexibility index (Phi) is 7.97. The highest BCUT2D eigenvalue weighted by Gasteiger charge is 2.12. The third-order valence-electron chi connectivity index (χ3n) is 4.17. The first-order valence-electron chi connectivity index (χ1n) is 9.10. The van der Waals surface area contributed by atoms with E-state index in [0.717, 1.165) is 27.3 Å². The van der Waals surface area contributed by atoms with Crippen LogP contribution >= 0.6 is 34.9 Å². The van der Waals surface area contributed by atoms with Crippen LogP contribution < -0.4 is 4.80 Å².